The maximum atomic E-state index is 12.1. The van der Waals surface area contributed by atoms with Crippen molar-refractivity contribution in [1.82, 2.24) is 5.32 Å². The molecule has 0 heterocycles. The smallest absolute Gasteiger partial charge is 0.251 e. The van der Waals surface area contributed by atoms with Crippen LogP contribution in [0.3, 0.4) is 0 Å². The number of nitrogens with one attached hydrogen (secondary N) is 1. The first-order chi connectivity index (χ1) is 14.4. The summed E-state index contributed by atoms with van der Waals surface area (Å²) in [5, 5.41) is 4.28. The minimum absolute atomic E-state index is 0.0395. The van der Waals surface area contributed by atoms with Gasteiger partial charge in [0.2, 0.25) is 0 Å². The summed E-state index contributed by atoms with van der Waals surface area (Å²) in [5.41, 5.74) is 3.68. The average molecular weight is 442 g/mol. The van der Waals surface area contributed by atoms with E-state index in [1.165, 1.54) is 0 Å². The van der Waals surface area contributed by atoms with E-state index < -0.39 is 0 Å². The van der Waals surface area contributed by atoms with Crippen LogP contribution in [0.2, 0.25) is 10.0 Å². The minimum Gasteiger partial charge on any atom is -0.493 e. The third kappa shape index (κ3) is 6.25. The summed E-state index contributed by atoms with van der Waals surface area (Å²) in [7, 11) is 0. The summed E-state index contributed by atoms with van der Waals surface area (Å²) in [6, 6.07) is 20.8. The Kier molecular flexibility index (Phi) is 7.78. The zero-order valence-corrected chi connectivity index (χ0v) is 18.6. The highest BCUT2D eigenvalue weighted by Crippen LogP contribution is 2.32. The van der Waals surface area contributed by atoms with Crippen LogP contribution < -0.4 is 10.1 Å². The average Bonchev–Trinajstić information content (AvgIpc) is 2.74. The molecule has 0 unspecified atom stereocenters. The molecule has 0 aliphatic rings. The van der Waals surface area contributed by atoms with Gasteiger partial charge in [-0.1, -0.05) is 61.3 Å². The van der Waals surface area contributed by atoms with Crippen molar-refractivity contribution in [3.05, 3.63) is 87.9 Å². The van der Waals surface area contributed by atoms with Crippen LogP contribution in [-0.2, 0) is 6.42 Å². The first kappa shape index (κ1) is 22.2. The third-order valence-electron chi connectivity index (χ3n) is 4.64. The Labute approximate surface area is 188 Å². The molecule has 0 aliphatic heterocycles. The highest BCUT2D eigenvalue weighted by atomic mass is 35.5. The Bertz CT molecular complexity index is 983. The quantitative estimate of drug-likeness (QED) is 0.423. The molecule has 3 aromatic rings. The number of hydrogen-bond donors (Lipinski definition) is 1. The molecule has 3 nitrogen and oxygen atoms in total. The number of ether oxygens (including phenoxy) is 1. The van der Waals surface area contributed by atoms with E-state index in [0.29, 0.717) is 34.7 Å². The predicted molar refractivity (Wildman–Crippen MR) is 125 cm³/mol. The third-order valence-corrected chi connectivity index (χ3v) is 5.22. The van der Waals surface area contributed by atoms with Gasteiger partial charge in [0.1, 0.15) is 5.75 Å². The summed E-state index contributed by atoms with van der Waals surface area (Å²) in [4.78, 5) is 12.1. The van der Waals surface area contributed by atoms with Crippen molar-refractivity contribution in [3.8, 4) is 16.9 Å². The maximum Gasteiger partial charge on any atom is 0.251 e. The van der Waals surface area contributed by atoms with Crippen LogP contribution in [0.15, 0.2) is 66.7 Å². The van der Waals surface area contributed by atoms with Crippen molar-refractivity contribution in [2.45, 2.75) is 20.3 Å². The molecule has 0 radical (unpaired) electrons. The van der Waals surface area contributed by atoms with Crippen LogP contribution in [0.4, 0.5) is 0 Å². The van der Waals surface area contributed by atoms with Crippen molar-refractivity contribution >= 4 is 29.1 Å². The normalized spacial score (nSPS) is 10.8. The molecular weight excluding hydrogens is 417 g/mol. The molecule has 0 bridgehead atoms. The van der Waals surface area contributed by atoms with Crippen LogP contribution in [0.5, 0.6) is 5.75 Å². The molecule has 0 atom stereocenters. The van der Waals surface area contributed by atoms with Crippen LogP contribution in [0, 0.1) is 5.92 Å². The molecule has 0 aliphatic carbocycles. The van der Waals surface area contributed by atoms with Crippen molar-refractivity contribution in [1.29, 1.82) is 0 Å². The summed E-state index contributed by atoms with van der Waals surface area (Å²) in [6.07, 6.45) is 0.743. The molecule has 30 heavy (non-hydrogen) atoms. The SMILES string of the molecule is CC(C)CNC(=O)c1ccc(CCOc2ccc(Cl)c(-c3ccc(Cl)cc3)c2)cc1. The van der Waals surface area contributed by atoms with Gasteiger partial charge >= 0.3 is 0 Å². The first-order valence-corrected chi connectivity index (χ1v) is 10.7. The van der Waals surface area contributed by atoms with Gasteiger partial charge in [-0.2, -0.15) is 0 Å². The lowest BCUT2D eigenvalue weighted by molar-refractivity contribution is 0.0949. The molecule has 1 N–H and O–H groups in total. The van der Waals surface area contributed by atoms with E-state index in [1.54, 1.807) is 0 Å². The molecule has 156 valence electrons. The Morgan fingerprint density at radius 3 is 2.33 bits per heavy atom. The molecule has 0 saturated carbocycles. The van der Waals surface area contributed by atoms with Gasteiger partial charge < -0.3 is 10.1 Å². The molecule has 1 amide bonds. The summed E-state index contributed by atoms with van der Waals surface area (Å²) in [6.45, 7) is 5.35. The lowest BCUT2D eigenvalue weighted by Crippen LogP contribution is -2.27. The van der Waals surface area contributed by atoms with Gasteiger partial charge in [-0.3, -0.25) is 4.79 Å². The largest absolute Gasteiger partial charge is 0.493 e. The van der Waals surface area contributed by atoms with Crippen molar-refractivity contribution in [2.24, 2.45) is 5.92 Å². The summed E-state index contributed by atoms with van der Waals surface area (Å²) in [5.74, 6) is 1.15. The number of amides is 1. The van der Waals surface area contributed by atoms with E-state index in [1.807, 2.05) is 66.7 Å². The molecule has 0 aromatic heterocycles. The van der Waals surface area contributed by atoms with E-state index in [0.717, 1.165) is 28.9 Å². The number of halogens is 2. The number of carbonyl (C=O) groups is 1. The Hall–Kier alpha value is -2.49. The molecule has 3 aromatic carbocycles. The topological polar surface area (TPSA) is 38.3 Å². The Balaban J connectivity index is 1.57. The standard InChI is InChI=1S/C25H25Cl2NO2/c1-17(2)16-28-25(29)20-5-3-18(4-6-20)13-14-30-22-11-12-24(27)23(15-22)19-7-9-21(26)10-8-19/h3-12,15,17H,13-14,16H2,1-2H3,(H,28,29). The van der Waals surface area contributed by atoms with E-state index in [-0.39, 0.29) is 5.91 Å². The van der Waals surface area contributed by atoms with Gasteiger partial charge in [0, 0.05) is 34.1 Å². The number of hydrogen-bond acceptors (Lipinski definition) is 2. The molecule has 0 saturated heterocycles. The van der Waals surface area contributed by atoms with Crippen LogP contribution in [0.25, 0.3) is 11.1 Å². The van der Waals surface area contributed by atoms with Gasteiger partial charge in [-0.05, 0) is 59.5 Å². The van der Waals surface area contributed by atoms with Crippen molar-refractivity contribution in [2.75, 3.05) is 13.2 Å². The first-order valence-electron chi connectivity index (χ1n) is 9.98. The minimum atomic E-state index is -0.0395. The van der Waals surface area contributed by atoms with Crippen LogP contribution in [0.1, 0.15) is 29.8 Å². The van der Waals surface area contributed by atoms with Gasteiger partial charge in [0.25, 0.3) is 5.91 Å². The van der Waals surface area contributed by atoms with Crippen molar-refractivity contribution in [3.63, 3.8) is 0 Å². The summed E-state index contributed by atoms with van der Waals surface area (Å²) < 4.78 is 5.93. The van der Waals surface area contributed by atoms with E-state index in [9.17, 15) is 4.79 Å². The lowest BCUT2D eigenvalue weighted by atomic mass is 10.1. The second kappa shape index (κ2) is 10.5. The van der Waals surface area contributed by atoms with Gasteiger partial charge in [0.05, 0.1) is 6.61 Å². The van der Waals surface area contributed by atoms with Gasteiger partial charge in [0.15, 0.2) is 0 Å². The predicted octanol–water partition coefficient (Wildman–Crippen LogP) is 6.67. The van der Waals surface area contributed by atoms with Crippen LogP contribution >= 0.6 is 23.2 Å². The Morgan fingerprint density at radius 2 is 1.67 bits per heavy atom. The lowest BCUT2D eigenvalue weighted by Gasteiger charge is -2.11. The molecule has 3 rings (SSSR count). The van der Waals surface area contributed by atoms with Gasteiger partial charge in [-0.15, -0.1) is 0 Å². The second-order valence-electron chi connectivity index (χ2n) is 7.55. The fourth-order valence-corrected chi connectivity index (χ4v) is 3.31. The second-order valence-corrected chi connectivity index (χ2v) is 8.39. The fraction of sp³-hybridized carbons (Fsp3) is 0.240. The molecule has 5 heteroatoms. The van der Waals surface area contributed by atoms with Crippen LogP contribution in [-0.4, -0.2) is 19.1 Å². The maximum absolute atomic E-state index is 12.1. The van der Waals surface area contributed by atoms with Gasteiger partial charge in [-0.25, -0.2) is 0 Å². The molecular formula is C25H25Cl2NO2. The number of benzene rings is 3. The van der Waals surface area contributed by atoms with E-state index >= 15 is 0 Å². The highest BCUT2D eigenvalue weighted by Gasteiger charge is 2.08. The fourth-order valence-electron chi connectivity index (χ4n) is 2.95. The zero-order valence-electron chi connectivity index (χ0n) is 17.1. The Morgan fingerprint density at radius 1 is 0.967 bits per heavy atom. The number of carbonyl (C=O) groups excluding carboxylic acids is 1. The monoisotopic (exact) mass is 441 g/mol. The molecule has 0 fully saturated rings. The summed E-state index contributed by atoms with van der Waals surface area (Å²) >= 11 is 12.3. The van der Waals surface area contributed by atoms with E-state index in [2.05, 4.69) is 19.2 Å². The van der Waals surface area contributed by atoms with E-state index in [4.69, 9.17) is 27.9 Å². The van der Waals surface area contributed by atoms with Crippen molar-refractivity contribution < 1.29 is 9.53 Å². The number of rotatable bonds is 8. The highest BCUT2D eigenvalue weighted by molar-refractivity contribution is 6.33. The molecule has 0 spiro atoms. The zero-order chi connectivity index (χ0) is 21.5.